The Bertz CT molecular complexity index is 548. The van der Waals surface area contributed by atoms with Crippen molar-refractivity contribution in [3.63, 3.8) is 0 Å². The molecule has 100 valence electrons. The van der Waals surface area contributed by atoms with Gasteiger partial charge in [0, 0.05) is 13.5 Å². The fourth-order valence-corrected chi connectivity index (χ4v) is 4.49. The van der Waals surface area contributed by atoms with Crippen molar-refractivity contribution in [3.8, 4) is 0 Å². The maximum absolute atomic E-state index is 12.0. The molecule has 2 heterocycles. The standard InChI is InChI=1S/C11H15NO5S/c1-4-7(13)8-6(2)5-18(15,16)11-9(17-3)10(14)12(8)11/h9,11H,4-5H2,1-3H3/t9-,11-/m0/s1. The highest BCUT2D eigenvalue weighted by Gasteiger charge is 2.59. The van der Waals surface area contributed by atoms with Gasteiger partial charge >= 0.3 is 0 Å². The average Bonchev–Trinajstić information content (AvgIpc) is 2.29. The Morgan fingerprint density at radius 3 is 2.61 bits per heavy atom. The number of ether oxygens (including phenoxy) is 1. The van der Waals surface area contributed by atoms with Gasteiger partial charge < -0.3 is 4.74 Å². The van der Waals surface area contributed by atoms with E-state index < -0.39 is 27.2 Å². The summed E-state index contributed by atoms with van der Waals surface area (Å²) in [4.78, 5) is 24.8. The number of allylic oxidation sites excluding steroid dienone is 1. The zero-order valence-electron chi connectivity index (χ0n) is 10.5. The highest BCUT2D eigenvalue weighted by molar-refractivity contribution is 7.92. The summed E-state index contributed by atoms with van der Waals surface area (Å²) in [7, 11) is -2.18. The number of ketones is 1. The van der Waals surface area contributed by atoms with Gasteiger partial charge in [0.15, 0.2) is 27.1 Å². The Hall–Kier alpha value is -1.21. The van der Waals surface area contributed by atoms with Gasteiger partial charge in [-0.2, -0.15) is 0 Å². The number of hydrogen-bond donors (Lipinski definition) is 0. The number of nitrogens with zero attached hydrogens (tertiary/aromatic N) is 1. The summed E-state index contributed by atoms with van der Waals surface area (Å²) in [6.07, 6.45) is -0.747. The lowest BCUT2D eigenvalue weighted by Gasteiger charge is -2.48. The van der Waals surface area contributed by atoms with E-state index in [1.165, 1.54) is 7.11 Å². The van der Waals surface area contributed by atoms with Crippen LogP contribution in [-0.4, -0.2) is 49.3 Å². The summed E-state index contributed by atoms with van der Waals surface area (Å²) in [6.45, 7) is 3.25. The van der Waals surface area contributed by atoms with E-state index in [1.807, 2.05) is 0 Å². The van der Waals surface area contributed by atoms with Gasteiger partial charge in [-0.05, 0) is 12.5 Å². The first-order valence-corrected chi connectivity index (χ1v) is 7.37. The molecular formula is C11H15NO5S. The average molecular weight is 273 g/mol. The van der Waals surface area contributed by atoms with Crippen molar-refractivity contribution in [1.29, 1.82) is 0 Å². The molecule has 0 saturated carbocycles. The van der Waals surface area contributed by atoms with Crippen LogP contribution in [0.2, 0.25) is 0 Å². The van der Waals surface area contributed by atoms with Crippen molar-refractivity contribution in [3.05, 3.63) is 11.3 Å². The largest absolute Gasteiger partial charge is 0.368 e. The van der Waals surface area contributed by atoms with E-state index in [2.05, 4.69) is 0 Å². The van der Waals surface area contributed by atoms with Crippen LogP contribution < -0.4 is 0 Å². The Kier molecular flexibility index (Phi) is 3.06. The van der Waals surface area contributed by atoms with Gasteiger partial charge in [0.1, 0.15) is 0 Å². The van der Waals surface area contributed by atoms with Gasteiger partial charge in [-0.1, -0.05) is 6.92 Å². The van der Waals surface area contributed by atoms with Crippen molar-refractivity contribution >= 4 is 21.5 Å². The quantitative estimate of drug-likeness (QED) is 0.668. The normalized spacial score (nSPS) is 29.9. The first-order chi connectivity index (χ1) is 8.35. The first-order valence-electron chi connectivity index (χ1n) is 5.65. The Morgan fingerprint density at radius 2 is 2.11 bits per heavy atom. The molecule has 2 aliphatic heterocycles. The minimum atomic E-state index is -3.47. The van der Waals surface area contributed by atoms with E-state index in [0.717, 1.165) is 4.90 Å². The molecule has 1 fully saturated rings. The van der Waals surface area contributed by atoms with Crippen molar-refractivity contribution in [2.75, 3.05) is 12.9 Å². The molecule has 7 heteroatoms. The Morgan fingerprint density at radius 1 is 1.50 bits per heavy atom. The Labute approximate surface area is 106 Å². The van der Waals surface area contributed by atoms with Crippen molar-refractivity contribution in [2.24, 2.45) is 0 Å². The van der Waals surface area contributed by atoms with E-state index in [-0.39, 0.29) is 23.7 Å². The molecule has 2 atom stereocenters. The molecule has 0 aromatic carbocycles. The van der Waals surface area contributed by atoms with Crippen LogP contribution in [-0.2, 0) is 24.2 Å². The summed E-state index contributed by atoms with van der Waals surface area (Å²) >= 11 is 0. The fraction of sp³-hybridized carbons (Fsp3) is 0.636. The Balaban J connectivity index is 2.52. The highest BCUT2D eigenvalue weighted by atomic mass is 32.2. The number of rotatable bonds is 3. The van der Waals surface area contributed by atoms with Crippen LogP contribution in [0.15, 0.2) is 11.3 Å². The number of amides is 1. The zero-order valence-corrected chi connectivity index (χ0v) is 11.3. The van der Waals surface area contributed by atoms with Crippen LogP contribution in [0, 0.1) is 0 Å². The molecule has 0 aromatic rings. The first kappa shape index (κ1) is 13.2. The number of carbonyl (C=O) groups excluding carboxylic acids is 2. The third kappa shape index (κ3) is 1.61. The van der Waals surface area contributed by atoms with Crippen LogP contribution in [0.3, 0.4) is 0 Å². The molecule has 0 aliphatic carbocycles. The molecule has 0 aromatic heterocycles. The van der Waals surface area contributed by atoms with Gasteiger partial charge in [0.2, 0.25) is 0 Å². The molecule has 1 amide bonds. The van der Waals surface area contributed by atoms with Gasteiger partial charge in [-0.15, -0.1) is 0 Å². The molecule has 1 saturated heterocycles. The van der Waals surface area contributed by atoms with Crippen LogP contribution in [0.5, 0.6) is 0 Å². The number of sulfone groups is 1. The minimum Gasteiger partial charge on any atom is -0.368 e. The third-order valence-electron chi connectivity index (χ3n) is 3.26. The highest BCUT2D eigenvalue weighted by Crippen LogP contribution is 2.38. The van der Waals surface area contributed by atoms with Crippen molar-refractivity contribution in [1.82, 2.24) is 4.90 Å². The van der Waals surface area contributed by atoms with E-state index in [9.17, 15) is 18.0 Å². The summed E-state index contributed by atoms with van der Waals surface area (Å²) in [5, 5.41) is -1.04. The smallest absolute Gasteiger partial charge is 0.260 e. The second-order valence-corrected chi connectivity index (χ2v) is 6.57. The zero-order chi connectivity index (χ0) is 13.7. The number of carbonyl (C=O) groups is 2. The molecule has 2 rings (SSSR count). The van der Waals surface area contributed by atoms with E-state index in [1.54, 1.807) is 13.8 Å². The predicted molar refractivity (Wildman–Crippen MR) is 63.2 cm³/mol. The van der Waals surface area contributed by atoms with Gasteiger partial charge in [0.25, 0.3) is 5.91 Å². The van der Waals surface area contributed by atoms with Gasteiger partial charge in [-0.25, -0.2) is 8.42 Å². The maximum atomic E-state index is 12.0. The lowest BCUT2D eigenvalue weighted by Crippen LogP contribution is -2.70. The van der Waals surface area contributed by atoms with Crippen molar-refractivity contribution < 1.29 is 22.7 Å². The monoisotopic (exact) mass is 273 g/mol. The molecule has 18 heavy (non-hydrogen) atoms. The summed E-state index contributed by atoms with van der Waals surface area (Å²) in [5.41, 5.74) is 0.664. The number of fused-ring (bicyclic) bond motifs is 1. The van der Waals surface area contributed by atoms with Crippen LogP contribution in [0.1, 0.15) is 20.3 Å². The second kappa shape index (κ2) is 4.17. The number of hydrogen-bond acceptors (Lipinski definition) is 5. The summed E-state index contributed by atoms with van der Waals surface area (Å²) in [6, 6.07) is 0. The molecule has 2 aliphatic rings. The summed E-state index contributed by atoms with van der Waals surface area (Å²) in [5.74, 6) is -0.861. The molecule has 0 unspecified atom stereocenters. The van der Waals surface area contributed by atoms with Gasteiger partial charge in [-0.3, -0.25) is 14.5 Å². The topological polar surface area (TPSA) is 80.7 Å². The molecule has 0 bridgehead atoms. The van der Waals surface area contributed by atoms with Crippen LogP contribution in [0.4, 0.5) is 0 Å². The number of methoxy groups -OCH3 is 1. The van der Waals surface area contributed by atoms with Crippen LogP contribution >= 0.6 is 0 Å². The van der Waals surface area contributed by atoms with Crippen LogP contribution in [0.25, 0.3) is 0 Å². The van der Waals surface area contributed by atoms with Crippen molar-refractivity contribution in [2.45, 2.75) is 31.7 Å². The summed E-state index contributed by atoms with van der Waals surface area (Å²) < 4.78 is 28.9. The lowest BCUT2D eigenvalue weighted by atomic mass is 10.0. The third-order valence-corrected chi connectivity index (χ3v) is 5.29. The molecule has 0 N–H and O–H groups in total. The SMILES string of the molecule is CCC(=O)C1=C(C)CS(=O)(=O)[C@H]2[C@@H](OC)C(=O)N12. The maximum Gasteiger partial charge on any atom is 0.260 e. The lowest BCUT2D eigenvalue weighted by molar-refractivity contribution is -0.160. The fourth-order valence-electron chi connectivity index (χ4n) is 2.44. The minimum absolute atomic E-state index is 0.192. The molecular weight excluding hydrogens is 258 g/mol. The van der Waals surface area contributed by atoms with E-state index >= 15 is 0 Å². The van der Waals surface area contributed by atoms with Gasteiger partial charge in [0.05, 0.1) is 11.4 Å². The second-order valence-electron chi connectivity index (χ2n) is 4.47. The molecule has 6 nitrogen and oxygen atoms in total. The molecule has 0 spiro atoms. The molecule has 0 radical (unpaired) electrons. The van der Waals surface area contributed by atoms with E-state index in [4.69, 9.17) is 4.74 Å². The van der Waals surface area contributed by atoms with E-state index in [0.29, 0.717) is 5.57 Å². The number of β-lactam (4-membered cyclic amide) rings is 1. The predicted octanol–water partition coefficient (Wildman–Crippen LogP) is -0.149. The number of Topliss-reactive ketones (excluding diaryl/α,β-unsaturated/α-hetero) is 1.